The second-order valence-electron chi connectivity index (χ2n) is 6.98. The Morgan fingerprint density at radius 1 is 1.00 bits per heavy atom. The Balaban J connectivity index is 1.90. The number of methoxy groups -OCH3 is 1. The number of benzene rings is 3. The van der Waals surface area contributed by atoms with E-state index in [0.29, 0.717) is 15.8 Å². The Bertz CT molecular complexity index is 1200. The number of carbonyl (C=O) groups is 1. The van der Waals surface area contributed by atoms with E-state index in [1.54, 1.807) is 38.3 Å². The highest BCUT2D eigenvalue weighted by Crippen LogP contribution is 2.28. The summed E-state index contributed by atoms with van der Waals surface area (Å²) in [7, 11) is -2.52. The summed E-state index contributed by atoms with van der Waals surface area (Å²) < 4.78 is 33.1. The van der Waals surface area contributed by atoms with E-state index in [0.717, 1.165) is 9.87 Å². The monoisotopic (exact) mass is 492 g/mol. The number of carbonyl (C=O) groups excluding carboxylic acids is 1. The van der Waals surface area contributed by atoms with E-state index in [-0.39, 0.29) is 10.6 Å². The molecule has 1 N–H and O–H groups in total. The lowest BCUT2D eigenvalue weighted by Gasteiger charge is -2.25. The third-order valence-electron chi connectivity index (χ3n) is 4.77. The molecule has 0 saturated carbocycles. The van der Waals surface area contributed by atoms with Gasteiger partial charge in [0.25, 0.3) is 10.0 Å². The van der Waals surface area contributed by atoms with E-state index in [4.69, 9.17) is 27.9 Å². The van der Waals surface area contributed by atoms with Crippen molar-refractivity contribution in [3.05, 3.63) is 88.4 Å². The van der Waals surface area contributed by atoms with Crippen molar-refractivity contribution < 1.29 is 17.9 Å². The van der Waals surface area contributed by atoms with Crippen LogP contribution in [0.5, 0.6) is 5.75 Å². The summed E-state index contributed by atoms with van der Waals surface area (Å²) in [6.07, 6.45) is 0. The molecule has 0 aliphatic rings. The van der Waals surface area contributed by atoms with Crippen LogP contribution in [0, 0.1) is 0 Å². The molecule has 0 bridgehead atoms. The van der Waals surface area contributed by atoms with Crippen molar-refractivity contribution >= 4 is 44.8 Å². The maximum absolute atomic E-state index is 13.4. The van der Waals surface area contributed by atoms with Crippen LogP contribution in [0.15, 0.2) is 77.7 Å². The Hall–Kier alpha value is -2.74. The maximum Gasteiger partial charge on any atom is 0.264 e. The molecule has 9 heteroatoms. The molecule has 0 spiro atoms. The number of sulfonamides is 1. The maximum atomic E-state index is 13.4. The molecule has 32 heavy (non-hydrogen) atoms. The molecule has 1 atom stereocenters. The minimum Gasteiger partial charge on any atom is -0.496 e. The number of nitrogens with zero attached hydrogens (tertiary/aromatic N) is 1. The second kappa shape index (κ2) is 10.3. The molecule has 0 heterocycles. The Labute approximate surface area is 197 Å². The number of ether oxygens (including phenoxy) is 1. The van der Waals surface area contributed by atoms with Crippen molar-refractivity contribution in [2.75, 3.05) is 18.0 Å². The topological polar surface area (TPSA) is 75.7 Å². The van der Waals surface area contributed by atoms with Gasteiger partial charge in [-0.1, -0.05) is 47.5 Å². The minimum atomic E-state index is -4.07. The summed E-state index contributed by atoms with van der Waals surface area (Å²) >= 11 is 12.0. The zero-order valence-electron chi connectivity index (χ0n) is 17.5. The van der Waals surface area contributed by atoms with Crippen molar-refractivity contribution in [2.45, 2.75) is 17.9 Å². The fourth-order valence-electron chi connectivity index (χ4n) is 3.20. The molecule has 0 aliphatic heterocycles. The molecule has 1 amide bonds. The molecule has 168 valence electrons. The molecule has 0 aliphatic carbocycles. The zero-order valence-corrected chi connectivity index (χ0v) is 19.8. The van der Waals surface area contributed by atoms with Gasteiger partial charge in [0.2, 0.25) is 5.91 Å². The Morgan fingerprint density at radius 3 is 2.34 bits per heavy atom. The van der Waals surface area contributed by atoms with Gasteiger partial charge in [0.1, 0.15) is 12.3 Å². The van der Waals surface area contributed by atoms with Gasteiger partial charge < -0.3 is 10.1 Å². The average Bonchev–Trinajstić information content (AvgIpc) is 2.77. The first kappa shape index (κ1) is 23.9. The van der Waals surface area contributed by atoms with Gasteiger partial charge in [-0.05, 0) is 55.5 Å². The van der Waals surface area contributed by atoms with Gasteiger partial charge in [0, 0.05) is 15.6 Å². The SMILES string of the molecule is COc1ccccc1C(C)NC(=O)CN(c1cccc(Cl)c1)S(=O)(=O)c1ccc(Cl)cc1. The predicted molar refractivity (Wildman–Crippen MR) is 127 cm³/mol. The van der Waals surface area contributed by atoms with Crippen LogP contribution in [0.2, 0.25) is 10.0 Å². The number of amides is 1. The van der Waals surface area contributed by atoms with Crippen molar-refractivity contribution in [3.63, 3.8) is 0 Å². The number of halogens is 2. The zero-order chi connectivity index (χ0) is 23.3. The Morgan fingerprint density at radius 2 is 1.69 bits per heavy atom. The van der Waals surface area contributed by atoms with Crippen molar-refractivity contribution in [1.29, 1.82) is 0 Å². The van der Waals surface area contributed by atoms with E-state index in [9.17, 15) is 13.2 Å². The molecular weight excluding hydrogens is 471 g/mol. The minimum absolute atomic E-state index is 0.00690. The summed E-state index contributed by atoms with van der Waals surface area (Å²) in [4.78, 5) is 12.9. The van der Waals surface area contributed by atoms with Crippen molar-refractivity contribution in [3.8, 4) is 5.75 Å². The smallest absolute Gasteiger partial charge is 0.264 e. The first-order valence-corrected chi connectivity index (χ1v) is 11.9. The lowest BCUT2D eigenvalue weighted by molar-refractivity contribution is -0.120. The first-order chi connectivity index (χ1) is 15.2. The molecule has 1 unspecified atom stereocenters. The second-order valence-corrected chi connectivity index (χ2v) is 9.71. The number of hydrogen-bond acceptors (Lipinski definition) is 4. The lowest BCUT2D eigenvalue weighted by atomic mass is 10.1. The van der Waals surface area contributed by atoms with Gasteiger partial charge in [-0.2, -0.15) is 0 Å². The standard InChI is InChI=1S/C23H22Cl2N2O4S/c1-16(21-8-3-4-9-22(21)31-2)26-23(28)15-27(19-7-5-6-18(25)14-19)32(29,30)20-12-10-17(24)11-13-20/h3-14,16H,15H2,1-2H3,(H,26,28). The van der Waals surface area contributed by atoms with Gasteiger partial charge >= 0.3 is 0 Å². The summed E-state index contributed by atoms with van der Waals surface area (Å²) in [5.41, 5.74) is 1.05. The lowest BCUT2D eigenvalue weighted by Crippen LogP contribution is -2.41. The van der Waals surface area contributed by atoms with Crippen LogP contribution in [0.3, 0.4) is 0 Å². The third-order valence-corrected chi connectivity index (χ3v) is 7.04. The highest BCUT2D eigenvalue weighted by Gasteiger charge is 2.28. The van der Waals surface area contributed by atoms with Gasteiger partial charge in [-0.25, -0.2) is 8.42 Å². The van der Waals surface area contributed by atoms with Gasteiger partial charge in [-0.15, -0.1) is 0 Å². The third kappa shape index (κ3) is 5.54. The van der Waals surface area contributed by atoms with E-state index < -0.39 is 28.5 Å². The summed E-state index contributed by atoms with van der Waals surface area (Å²) in [6.45, 7) is 1.36. The van der Waals surface area contributed by atoms with Crippen molar-refractivity contribution in [2.24, 2.45) is 0 Å². The summed E-state index contributed by atoms with van der Waals surface area (Å²) in [5, 5.41) is 3.59. The van der Waals surface area contributed by atoms with Crippen LogP contribution in [-0.4, -0.2) is 28.0 Å². The molecule has 3 aromatic rings. The normalized spacial score (nSPS) is 12.1. The highest BCUT2D eigenvalue weighted by molar-refractivity contribution is 7.92. The first-order valence-electron chi connectivity index (χ1n) is 9.68. The summed E-state index contributed by atoms with van der Waals surface area (Å²) in [6, 6.07) is 19.0. The highest BCUT2D eigenvalue weighted by atomic mass is 35.5. The number of anilines is 1. The molecule has 0 aromatic heterocycles. The van der Waals surface area contributed by atoms with Crippen molar-refractivity contribution in [1.82, 2.24) is 5.32 Å². The van der Waals surface area contributed by atoms with E-state index >= 15 is 0 Å². The van der Waals surface area contributed by atoms with E-state index in [1.807, 2.05) is 18.2 Å². The fourth-order valence-corrected chi connectivity index (χ4v) is 4.92. The molecule has 0 fully saturated rings. The summed E-state index contributed by atoms with van der Waals surface area (Å²) in [5.74, 6) is 0.140. The van der Waals surface area contributed by atoms with Gasteiger partial charge in [-0.3, -0.25) is 9.10 Å². The fraction of sp³-hybridized carbons (Fsp3) is 0.174. The van der Waals surface area contributed by atoms with Crippen LogP contribution in [-0.2, 0) is 14.8 Å². The van der Waals surface area contributed by atoms with Crippen LogP contribution < -0.4 is 14.4 Å². The van der Waals surface area contributed by atoms with Crippen LogP contribution >= 0.6 is 23.2 Å². The van der Waals surface area contributed by atoms with Gasteiger partial charge in [0.15, 0.2) is 0 Å². The molecular formula is C23H22Cl2N2O4S. The molecule has 6 nitrogen and oxygen atoms in total. The van der Waals surface area contributed by atoms with Crippen LogP contribution in [0.25, 0.3) is 0 Å². The number of nitrogens with one attached hydrogen (secondary N) is 1. The Kier molecular flexibility index (Phi) is 7.66. The van der Waals surface area contributed by atoms with Crippen LogP contribution in [0.4, 0.5) is 5.69 Å². The number of hydrogen-bond donors (Lipinski definition) is 1. The molecule has 0 radical (unpaired) electrons. The average molecular weight is 493 g/mol. The van der Waals surface area contributed by atoms with Crippen LogP contribution in [0.1, 0.15) is 18.5 Å². The predicted octanol–water partition coefficient (Wildman–Crippen LogP) is 5.07. The van der Waals surface area contributed by atoms with Gasteiger partial charge in [0.05, 0.1) is 23.7 Å². The molecule has 3 aromatic carbocycles. The number of para-hydroxylation sites is 1. The largest absolute Gasteiger partial charge is 0.496 e. The number of rotatable bonds is 8. The van der Waals surface area contributed by atoms with E-state index in [1.165, 1.54) is 30.3 Å². The quantitative estimate of drug-likeness (QED) is 0.475. The molecule has 3 rings (SSSR count). The molecule has 0 saturated heterocycles. The van der Waals surface area contributed by atoms with E-state index in [2.05, 4.69) is 5.32 Å².